The highest BCUT2D eigenvalue weighted by Gasteiger charge is 2.45. The first-order valence-electron chi connectivity index (χ1n) is 10.5. The number of carboxylic acid groups (broad SMARTS) is 1. The van der Waals surface area contributed by atoms with Crippen molar-refractivity contribution in [2.75, 3.05) is 31.6 Å². The van der Waals surface area contributed by atoms with Crippen molar-refractivity contribution in [1.29, 1.82) is 0 Å². The maximum absolute atomic E-state index is 15.4. The minimum absolute atomic E-state index is 0.0563. The van der Waals surface area contributed by atoms with E-state index in [0.717, 1.165) is 32.2 Å². The lowest BCUT2D eigenvalue weighted by Crippen LogP contribution is -2.52. The standard InChI is InChI=1S/C22H26FN3O4/c1-22-11-25(9-12(22)4-3-7-24-22)18-16(23)8-14-17(20(18)30-2)26(13-5-6-13)10-15(19(14)27)21(28)29/h8,10,12-13,24H,3-7,9,11H2,1-2H3,(H,28,29)/t12?,22-/m1/s1. The lowest BCUT2D eigenvalue weighted by Gasteiger charge is -2.36. The van der Waals surface area contributed by atoms with Crippen molar-refractivity contribution < 1.29 is 19.0 Å². The molecule has 2 aromatic rings. The Morgan fingerprint density at radius 1 is 1.37 bits per heavy atom. The van der Waals surface area contributed by atoms with Gasteiger partial charge in [-0.05, 0) is 51.1 Å². The van der Waals surface area contributed by atoms with Gasteiger partial charge in [-0.1, -0.05) is 0 Å². The zero-order valence-corrected chi connectivity index (χ0v) is 17.2. The Balaban J connectivity index is 1.74. The van der Waals surface area contributed by atoms with E-state index in [0.29, 0.717) is 36.0 Å². The summed E-state index contributed by atoms with van der Waals surface area (Å²) in [6.07, 6.45) is 5.36. The largest absolute Gasteiger partial charge is 0.492 e. The molecule has 0 radical (unpaired) electrons. The number of piperidine rings is 1. The van der Waals surface area contributed by atoms with Crippen LogP contribution in [-0.2, 0) is 0 Å². The number of fused-ring (bicyclic) bond motifs is 2. The fourth-order valence-corrected chi connectivity index (χ4v) is 5.28. The molecule has 1 unspecified atom stereocenters. The Labute approximate surface area is 173 Å². The molecule has 0 spiro atoms. The number of nitrogens with one attached hydrogen (secondary N) is 1. The second kappa shape index (κ2) is 6.70. The molecule has 30 heavy (non-hydrogen) atoms. The van der Waals surface area contributed by atoms with Crippen LogP contribution in [0.2, 0.25) is 0 Å². The highest BCUT2D eigenvalue weighted by Crippen LogP contribution is 2.46. The molecule has 2 atom stereocenters. The minimum atomic E-state index is -1.30. The number of pyridine rings is 1. The highest BCUT2D eigenvalue weighted by atomic mass is 19.1. The van der Waals surface area contributed by atoms with E-state index >= 15 is 4.39 Å². The van der Waals surface area contributed by atoms with E-state index in [-0.39, 0.29) is 22.5 Å². The van der Waals surface area contributed by atoms with Gasteiger partial charge < -0.3 is 24.6 Å². The van der Waals surface area contributed by atoms with E-state index in [9.17, 15) is 14.7 Å². The summed E-state index contributed by atoms with van der Waals surface area (Å²) in [7, 11) is 1.48. The smallest absolute Gasteiger partial charge is 0.341 e. The molecule has 3 aliphatic rings. The second-order valence-corrected chi connectivity index (χ2v) is 9.02. The summed E-state index contributed by atoms with van der Waals surface area (Å²) in [5, 5.41) is 13.1. The summed E-state index contributed by atoms with van der Waals surface area (Å²) in [5.74, 6) is -1.13. The van der Waals surface area contributed by atoms with Gasteiger partial charge in [0.25, 0.3) is 0 Å². The number of halogens is 1. The van der Waals surface area contributed by atoms with Gasteiger partial charge in [0.15, 0.2) is 11.6 Å². The highest BCUT2D eigenvalue weighted by molar-refractivity contribution is 5.97. The van der Waals surface area contributed by atoms with Gasteiger partial charge in [0, 0.05) is 30.9 Å². The Morgan fingerprint density at radius 2 is 2.13 bits per heavy atom. The number of methoxy groups -OCH3 is 1. The molecule has 2 N–H and O–H groups in total. The molecular formula is C22H26FN3O4. The van der Waals surface area contributed by atoms with Gasteiger partial charge in [0.1, 0.15) is 11.3 Å². The Kier molecular flexibility index (Phi) is 4.32. The molecular weight excluding hydrogens is 389 g/mol. The predicted molar refractivity (Wildman–Crippen MR) is 111 cm³/mol. The summed E-state index contributed by atoms with van der Waals surface area (Å²) in [6, 6.07) is 1.29. The van der Waals surface area contributed by atoms with Gasteiger partial charge in [-0.15, -0.1) is 0 Å². The molecule has 1 aliphatic carbocycles. The number of carboxylic acids is 1. The number of ether oxygens (including phenoxy) is 1. The lowest BCUT2D eigenvalue weighted by atomic mass is 9.82. The second-order valence-electron chi connectivity index (χ2n) is 9.02. The van der Waals surface area contributed by atoms with Gasteiger partial charge in [-0.25, -0.2) is 9.18 Å². The third kappa shape index (κ3) is 2.80. The quantitative estimate of drug-likeness (QED) is 0.799. The topological polar surface area (TPSA) is 83.8 Å². The molecule has 2 saturated heterocycles. The van der Waals surface area contributed by atoms with Crippen molar-refractivity contribution >= 4 is 22.6 Å². The summed E-state index contributed by atoms with van der Waals surface area (Å²) >= 11 is 0. The Bertz CT molecular complexity index is 1110. The minimum Gasteiger partial charge on any atom is -0.492 e. The van der Waals surface area contributed by atoms with Crippen LogP contribution in [0, 0.1) is 11.7 Å². The summed E-state index contributed by atoms with van der Waals surface area (Å²) < 4.78 is 22.9. The van der Waals surface area contributed by atoms with Gasteiger partial charge in [0.2, 0.25) is 5.43 Å². The Hall–Kier alpha value is -2.61. The first kappa shape index (κ1) is 19.4. The maximum atomic E-state index is 15.4. The monoisotopic (exact) mass is 415 g/mol. The van der Waals surface area contributed by atoms with Crippen molar-refractivity contribution in [3.63, 3.8) is 0 Å². The fourth-order valence-electron chi connectivity index (χ4n) is 5.28. The van der Waals surface area contributed by atoms with Gasteiger partial charge >= 0.3 is 5.97 Å². The van der Waals surface area contributed by atoms with Crippen LogP contribution >= 0.6 is 0 Å². The molecule has 3 heterocycles. The molecule has 8 heteroatoms. The van der Waals surface area contributed by atoms with Crippen LogP contribution < -0.4 is 20.4 Å². The van der Waals surface area contributed by atoms with E-state index in [2.05, 4.69) is 12.2 Å². The van der Waals surface area contributed by atoms with E-state index in [1.54, 1.807) is 4.57 Å². The van der Waals surface area contributed by atoms with Gasteiger partial charge in [-0.2, -0.15) is 0 Å². The van der Waals surface area contributed by atoms with Crippen LogP contribution in [0.5, 0.6) is 5.75 Å². The lowest BCUT2D eigenvalue weighted by molar-refractivity contribution is 0.0695. The molecule has 5 rings (SSSR count). The number of benzene rings is 1. The number of aromatic nitrogens is 1. The normalized spacial score (nSPS) is 26.1. The van der Waals surface area contributed by atoms with Gasteiger partial charge in [-0.3, -0.25) is 4.79 Å². The first-order chi connectivity index (χ1) is 14.3. The molecule has 0 bridgehead atoms. The summed E-state index contributed by atoms with van der Waals surface area (Å²) in [6.45, 7) is 4.50. The van der Waals surface area contributed by atoms with Crippen molar-refractivity contribution in [3.8, 4) is 5.75 Å². The predicted octanol–water partition coefficient (Wildman–Crippen LogP) is 2.76. The number of rotatable bonds is 4. The summed E-state index contributed by atoms with van der Waals surface area (Å²) in [5.41, 5.74) is -0.262. The third-order valence-corrected chi connectivity index (χ3v) is 7.01. The van der Waals surface area contributed by atoms with Crippen molar-refractivity contribution in [1.82, 2.24) is 9.88 Å². The fraction of sp³-hybridized carbons (Fsp3) is 0.545. The number of nitrogens with zero attached hydrogens (tertiary/aromatic N) is 2. The van der Waals surface area contributed by atoms with E-state index in [1.165, 1.54) is 19.4 Å². The number of hydrogen-bond acceptors (Lipinski definition) is 5. The molecule has 1 aromatic heterocycles. The number of carbonyl (C=O) groups is 1. The first-order valence-corrected chi connectivity index (χ1v) is 10.5. The maximum Gasteiger partial charge on any atom is 0.341 e. The van der Waals surface area contributed by atoms with Crippen molar-refractivity contribution in [3.05, 3.63) is 33.9 Å². The van der Waals surface area contributed by atoms with Crippen molar-refractivity contribution in [2.45, 2.75) is 44.2 Å². The number of aromatic carboxylic acids is 1. The van der Waals surface area contributed by atoms with Crippen LogP contribution in [0.15, 0.2) is 17.1 Å². The van der Waals surface area contributed by atoms with Crippen molar-refractivity contribution in [2.24, 2.45) is 5.92 Å². The molecule has 3 fully saturated rings. The zero-order chi connectivity index (χ0) is 21.2. The zero-order valence-electron chi connectivity index (χ0n) is 17.2. The Morgan fingerprint density at radius 3 is 2.77 bits per heavy atom. The summed E-state index contributed by atoms with van der Waals surface area (Å²) in [4.78, 5) is 26.5. The SMILES string of the molecule is COc1c(N2CC3CCCN[C@]3(C)C2)c(F)cc2c(=O)c(C(=O)O)cn(C3CC3)c12. The average molecular weight is 415 g/mol. The molecule has 7 nitrogen and oxygen atoms in total. The number of anilines is 1. The number of hydrogen-bond donors (Lipinski definition) is 2. The molecule has 2 aliphatic heterocycles. The molecule has 160 valence electrons. The van der Waals surface area contributed by atoms with E-state index in [4.69, 9.17) is 4.74 Å². The van der Waals surface area contributed by atoms with Crippen LogP contribution in [0.4, 0.5) is 10.1 Å². The third-order valence-electron chi connectivity index (χ3n) is 7.01. The van der Waals surface area contributed by atoms with Crippen LogP contribution in [0.25, 0.3) is 10.9 Å². The van der Waals surface area contributed by atoms with E-state index in [1.807, 2.05) is 4.90 Å². The molecule has 0 amide bonds. The van der Waals surface area contributed by atoms with Gasteiger partial charge in [0.05, 0.1) is 18.0 Å². The average Bonchev–Trinajstić information content (AvgIpc) is 3.48. The molecule has 1 aromatic carbocycles. The van der Waals surface area contributed by atoms with Crippen LogP contribution in [-0.4, -0.2) is 47.9 Å². The van der Waals surface area contributed by atoms with E-state index < -0.39 is 17.2 Å². The van der Waals surface area contributed by atoms with Crippen LogP contribution in [0.3, 0.4) is 0 Å². The van der Waals surface area contributed by atoms with Crippen LogP contribution in [0.1, 0.15) is 49.0 Å². The molecule has 1 saturated carbocycles.